The van der Waals surface area contributed by atoms with Gasteiger partial charge in [0.2, 0.25) is 5.91 Å². The lowest BCUT2D eigenvalue weighted by molar-refractivity contribution is -0.144. The van der Waals surface area contributed by atoms with Crippen LogP contribution in [0.4, 0.5) is 13.2 Å². The molecule has 5 heteroatoms. The van der Waals surface area contributed by atoms with Crippen molar-refractivity contribution in [1.82, 2.24) is 5.32 Å². The molecular weight excluding hydrogens is 255 g/mol. The fourth-order valence-corrected chi connectivity index (χ4v) is 2.43. The molecule has 1 aliphatic rings. The molecule has 0 radical (unpaired) electrons. The summed E-state index contributed by atoms with van der Waals surface area (Å²) in [6.45, 7) is 0. The van der Waals surface area contributed by atoms with Gasteiger partial charge in [-0.2, -0.15) is 13.2 Å². The van der Waals surface area contributed by atoms with Crippen LogP contribution in [0.2, 0.25) is 0 Å². The number of benzene rings is 1. The van der Waals surface area contributed by atoms with Crippen LogP contribution in [0, 0.1) is 0 Å². The lowest BCUT2D eigenvalue weighted by atomic mass is 9.87. The molecule has 2 rings (SSSR count). The molecular formula is C14H16F3NO. The molecule has 0 spiro atoms. The summed E-state index contributed by atoms with van der Waals surface area (Å²) in [7, 11) is 0. The SMILES string of the molecule is O=C(CCC(F)(F)F)NC1CCCc2ccccc21. The van der Waals surface area contributed by atoms with Crippen molar-refractivity contribution in [2.75, 3.05) is 0 Å². The van der Waals surface area contributed by atoms with E-state index in [2.05, 4.69) is 5.32 Å². The zero-order valence-corrected chi connectivity index (χ0v) is 10.5. The molecule has 0 bridgehead atoms. The standard InChI is InChI=1S/C14H16F3NO/c15-14(16,17)9-8-13(19)18-12-7-3-5-10-4-1-2-6-11(10)12/h1-2,4,6,12H,3,5,7-9H2,(H,18,19). The van der Waals surface area contributed by atoms with Crippen molar-refractivity contribution in [1.29, 1.82) is 0 Å². The van der Waals surface area contributed by atoms with Gasteiger partial charge in [-0.25, -0.2) is 0 Å². The summed E-state index contributed by atoms with van der Waals surface area (Å²) >= 11 is 0. The number of carbonyl (C=O) groups excluding carboxylic acids is 1. The predicted octanol–water partition coefficient (Wildman–Crippen LogP) is 3.52. The first kappa shape index (κ1) is 13.9. The molecule has 104 valence electrons. The number of rotatable bonds is 3. The van der Waals surface area contributed by atoms with E-state index in [-0.39, 0.29) is 6.04 Å². The van der Waals surface area contributed by atoms with E-state index in [1.165, 1.54) is 5.56 Å². The second-order valence-corrected chi connectivity index (χ2v) is 4.83. The van der Waals surface area contributed by atoms with Crippen LogP contribution in [-0.2, 0) is 11.2 Å². The van der Waals surface area contributed by atoms with Gasteiger partial charge >= 0.3 is 6.18 Å². The summed E-state index contributed by atoms with van der Waals surface area (Å²) in [6, 6.07) is 7.61. The second-order valence-electron chi connectivity index (χ2n) is 4.83. The largest absolute Gasteiger partial charge is 0.389 e. The molecule has 0 heterocycles. The maximum absolute atomic E-state index is 12.1. The minimum Gasteiger partial charge on any atom is -0.349 e. The number of nitrogens with one attached hydrogen (secondary N) is 1. The van der Waals surface area contributed by atoms with E-state index in [4.69, 9.17) is 0 Å². The Labute approximate surface area is 110 Å². The van der Waals surface area contributed by atoms with Crippen molar-refractivity contribution in [2.45, 2.75) is 44.3 Å². The maximum atomic E-state index is 12.1. The first-order valence-corrected chi connectivity index (χ1v) is 6.39. The van der Waals surface area contributed by atoms with Crippen LogP contribution >= 0.6 is 0 Å². The third-order valence-electron chi connectivity index (χ3n) is 3.34. The smallest absolute Gasteiger partial charge is 0.349 e. The minimum atomic E-state index is -4.28. The second kappa shape index (κ2) is 5.63. The van der Waals surface area contributed by atoms with Crippen LogP contribution in [0.1, 0.15) is 42.9 Å². The lowest BCUT2D eigenvalue weighted by Crippen LogP contribution is -2.31. The van der Waals surface area contributed by atoms with Crippen molar-refractivity contribution in [3.63, 3.8) is 0 Å². The molecule has 19 heavy (non-hydrogen) atoms. The average Bonchev–Trinajstić information content (AvgIpc) is 2.36. The van der Waals surface area contributed by atoms with Gasteiger partial charge in [-0.1, -0.05) is 24.3 Å². The van der Waals surface area contributed by atoms with Crippen LogP contribution in [-0.4, -0.2) is 12.1 Å². The van der Waals surface area contributed by atoms with Crippen molar-refractivity contribution < 1.29 is 18.0 Å². The number of fused-ring (bicyclic) bond motifs is 1. The third-order valence-corrected chi connectivity index (χ3v) is 3.34. The van der Waals surface area contributed by atoms with Crippen molar-refractivity contribution >= 4 is 5.91 Å². The van der Waals surface area contributed by atoms with Crippen LogP contribution in [0.25, 0.3) is 0 Å². The van der Waals surface area contributed by atoms with Gasteiger partial charge in [0.15, 0.2) is 0 Å². The Morgan fingerprint density at radius 3 is 2.79 bits per heavy atom. The summed E-state index contributed by atoms with van der Waals surface area (Å²) in [5.41, 5.74) is 2.21. The van der Waals surface area contributed by atoms with Gasteiger partial charge in [0.25, 0.3) is 0 Å². The predicted molar refractivity (Wildman–Crippen MR) is 65.6 cm³/mol. The number of aryl methyl sites for hydroxylation is 1. The highest BCUT2D eigenvalue weighted by Gasteiger charge is 2.29. The van der Waals surface area contributed by atoms with E-state index in [0.717, 1.165) is 24.8 Å². The Morgan fingerprint density at radius 2 is 2.05 bits per heavy atom. The molecule has 0 fully saturated rings. The molecule has 1 amide bonds. The summed E-state index contributed by atoms with van der Waals surface area (Å²) in [4.78, 5) is 11.6. The highest BCUT2D eigenvalue weighted by molar-refractivity contribution is 5.76. The van der Waals surface area contributed by atoms with Gasteiger partial charge in [-0.15, -0.1) is 0 Å². The van der Waals surface area contributed by atoms with Gasteiger partial charge < -0.3 is 5.32 Å². The molecule has 1 aromatic rings. The van der Waals surface area contributed by atoms with Crippen molar-refractivity contribution in [3.8, 4) is 0 Å². The highest BCUT2D eigenvalue weighted by atomic mass is 19.4. The van der Waals surface area contributed by atoms with E-state index in [1.807, 2.05) is 24.3 Å². The van der Waals surface area contributed by atoms with Crippen LogP contribution < -0.4 is 5.32 Å². The zero-order valence-electron chi connectivity index (χ0n) is 10.5. The Balaban J connectivity index is 1.95. The third kappa shape index (κ3) is 3.98. The average molecular weight is 271 g/mol. The van der Waals surface area contributed by atoms with Crippen molar-refractivity contribution in [3.05, 3.63) is 35.4 Å². The molecule has 2 nitrogen and oxygen atoms in total. The van der Waals surface area contributed by atoms with Crippen molar-refractivity contribution in [2.24, 2.45) is 0 Å². The first-order chi connectivity index (χ1) is 8.96. The molecule has 1 aromatic carbocycles. The van der Waals surface area contributed by atoms with Crippen LogP contribution in [0.15, 0.2) is 24.3 Å². The Kier molecular flexibility index (Phi) is 4.12. The minimum absolute atomic E-state index is 0.148. The maximum Gasteiger partial charge on any atom is 0.389 e. The normalized spacial score (nSPS) is 18.8. The topological polar surface area (TPSA) is 29.1 Å². The Bertz CT molecular complexity index is 456. The number of hydrogen-bond acceptors (Lipinski definition) is 1. The summed E-state index contributed by atoms with van der Waals surface area (Å²) in [5.74, 6) is -0.529. The summed E-state index contributed by atoms with van der Waals surface area (Å²) in [6.07, 6.45) is -3.14. The molecule has 0 aliphatic heterocycles. The molecule has 0 saturated heterocycles. The van der Waals surface area contributed by atoms with Gasteiger partial charge in [0.1, 0.15) is 0 Å². The van der Waals surface area contributed by atoms with Gasteiger partial charge in [0.05, 0.1) is 12.5 Å². The monoisotopic (exact) mass is 271 g/mol. The van der Waals surface area contributed by atoms with Gasteiger partial charge in [0, 0.05) is 6.42 Å². The lowest BCUT2D eigenvalue weighted by Gasteiger charge is -2.26. The van der Waals surface area contributed by atoms with E-state index in [0.29, 0.717) is 0 Å². The fraction of sp³-hybridized carbons (Fsp3) is 0.500. The fourth-order valence-electron chi connectivity index (χ4n) is 2.43. The van der Waals surface area contributed by atoms with E-state index in [9.17, 15) is 18.0 Å². The Hall–Kier alpha value is -1.52. The molecule has 1 N–H and O–H groups in total. The molecule has 0 saturated carbocycles. The van der Waals surface area contributed by atoms with Gasteiger partial charge in [-0.05, 0) is 30.4 Å². The van der Waals surface area contributed by atoms with E-state index in [1.54, 1.807) is 0 Å². The summed E-state index contributed by atoms with van der Waals surface area (Å²) < 4.78 is 36.2. The molecule has 0 aromatic heterocycles. The molecule has 1 atom stereocenters. The van der Waals surface area contributed by atoms with E-state index >= 15 is 0 Å². The molecule has 1 unspecified atom stereocenters. The zero-order chi connectivity index (χ0) is 13.9. The number of halogens is 3. The Morgan fingerprint density at radius 1 is 1.32 bits per heavy atom. The number of hydrogen-bond donors (Lipinski definition) is 1. The van der Waals surface area contributed by atoms with Crippen LogP contribution in [0.5, 0.6) is 0 Å². The van der Waals surface area contributed by atoms with Crippen LogP contribution in [0.3, 0.4) is 0 Å². The van der Waals surface area contributed by atoms with Gasteiger partial charge in [-0.3, -0.25) is 4.79 Å². The highest BCUT2D eigenvalue weighted by Crippen LogP contribution is 2.29. The summed E-state index contributed by atoms with van der Waals surface area (Å²) in [5, 5.41) is 2.71. The first-order valence-electron chi connectivity index (χ1n) is 6.39. The van der Waals surface area contributed by atoms with E-state index < -0.39 is 24.9 Å². The number of carbonyl (C=O) groups is 1. The number of alkyl halides is 3. The quantitative estimate of drug-likeness (QED) is 0.895. The number of amides is 1. The molecule has 1 aliphatic carbocycles.